The Morgan fingerprint density at radius 1 is 1.23 bits per heavy atom. The number of nitrogens with one attached hydrogen (secondary N) is 1. The van der Waals surface area contributed by atoms with Crippen LogP contribution < -0.4 is 10.9 Å². The van der Waals surface area contributed by atoms with Gasteiger partial charge in [0.25, 0.3) is 5.56 Å². The molecule has 2 heterocycles. The molecule has 0 saturated heterocycles. The fourth-order valence-corrected chi connectivity index (χ4v) is 3.08. The highest BCUT2D eigenvalue weighted by Crippen LogP contribution is 2.30. The van der Waals surface area contributed by atoms with Gasteiger partial charge in [0.15, 0.2) is 0 Å². The lowest BCUT2D eigenvalue weighted by Crippen LogP contribution is -2.20. The minimum Gasteiger partial charge on any atom is -0.311 e. The minimum atomic E-state index is -0.385. The second-order valence-electron chi connectivity index (χ2n) is 6.77. The van der Waals surface area contributed by atoms with Crippen molar-refractivity contribution >= 4 is 22.6 Å². The van der Waals surface area contributed by atoms with Crippen molar-refractivity contribution < 1.29 is 9.18 Å². The average molecular weight is 351 g/mol. The van der Waals surface area contributed by atoms with Crippen molar-refractivity contribution in [2.75, 3.05) is 5.32 Å². The van der Waals surface area contributed by atoms with E-state index in [0.717, 1.165) is 23.8 Å². The van der Waals surface area contributed by atoms with E-state index in [4.69, 9.17) is 0 Å². The van der Waals surface area contributed by atoms with Gasteiger partial charge >= 0.3 is 0 Å². The molecule has 3 aromatic rings. The monoisotopic (exact) mass is 351 g/mol. The van der Waals surface area contributed by atoms with Gasteiger partial charge in [-0.1, -0.05) is 6.07 Å². The number of benzene rings is 1. The number of carbonyl (C=O) groups excluding carboxylic acids is 1. The lowest BCUT2D eigenvalue weighted by atomic mass is 10.0. The van der Waals surface area contributed by atoms with Crippen molar-refractivity contribution in [2.45, 2.75) is 19.8 Å². The summed E-state index contributed by atoms with van der Waals surface area (Å²) in [5, 5.41) is 3.54. The molecule has 1 saturated carbocycles. The number of rotatable bonds is 3. The van der Waals surface area contributed by atoms with E-state index in [1.807, 2.05) is 6.92 Å². The summed E-state index contributed by atoms with van der Waals surface area (Å²) < 4.78 is 15.2. The maximum atomic E-state index is 13.7. The molecule has 1 aromatic carbocycles. The van der Waals surface area contributed by atoms with Crippen molar-refractivity contribution in [3.05, 3.63) is 58.3 Å². The molecule has 0 bridgehead atoms. The summed E-state index contributed by atoms with van der Waals surface area (Å²) in [4.78, 5) is 29.0. The molecule has 1 amide bonds. The van der Waals surface area contributed by atoms with E-state index >= 15 is 0 Å². The van der Waals surface area contributed by atoms with Gasteiger partial charge in [0.1, 0.15) is 11.6 Å². The molecule has 6 heteroatoms. The summed E-state index contributed by atoms with van der Waals surface area (Å²) in [5.74, 6) is 0.0894. The van der Waals surface area contributed by atoms with Crippen molar-refractivity contribution in [1.29, 1.82) is 0 Å². The van der Waals surface area contributed by atoms with E-state index in [0.29, 0.717) is 22.5 Å². The quantitative estimate of drug-likeness (QED) is 0.787. The summed E-state index contributed by atoms with van der Waals surface area (Å²) in [6.45, 7) is 1.84. The Hall–Kier alpha value is -3.02. The first-order valence-corrected chi connectivity index (χ1v) is 8.51. The first-order valence-electron chi connectivity index (χ1n) is 8.51. The van der Waals surface area contributed by atoms with Crippen LogP contribution in [0.2, 0.25) is 0 Å². The predicted molar refractivity (Wildman–Crippen MR) is 98.5 cm³/mol. The van der Waals surface area contributed by atoms with Gasteiger partial charge in [0.05, 0.1) is 5.52 Å². The van der Waals surface area contributed by atoms with Crippen LogP contribution in [-0.4, -0.2) is 15.5 Å². The number of halogens is 1. The third kappa shape index (κ3) is 2.87. The largest absolute Gasteiger partial charge is 0.311 e. The van der Waals surface area contributed by atoms with Crippen molar-refractivity contribution in [1.82, 2.24) is 9.55 Å². The first-order chi connectivity index (χ1) is 12.4. The number of aromatic nitrogens is 2. The van der Waals surface area contributed by atoms with Gasteiger partial charge in [0.2, 0.25) is 5.91 Å². The molecule has 0 aliphatic heterocycles. The maximum absolute atomic E-state index is 13.7. The van der Waals surface area contributed by atoms with Crippen LogP contribution in [0.25, 0.3) is 22.0 Å². The molecule has 0 atom stereocenters. The number of fused-ring (bicyclic) bond motifs is 1. The Morgan fingerprint density at radius 2 is 2.00 bits per heavy atom. The summed E-state index contributed by atoms with van der Waals surface area (Å²) >= 11 is 0. The predicted octanol–water partition coefficient (Wildman–Crippen LogP) is 3.40. The fourth-order valence-electron chi connectivity index (χ4n) is 3.08. The summed E-state index contributed by atoms with van der Waals surface area (Å²) in [7, 11) is 1.66. The van der Waals surface area contributed by atoms with Crippen LogP contribution in [0.15, 0.2) is 41.3 Å². The number of hydrogen-bond acceptors (Lipinski definition) is 3. The lowest BCUT2D eigenvalue weighted by Gasteiger charge is -2.12. The van der Waals surface area contributed by atoms with E-state index < -0.39 is 0 Å². The fraction of sp³-hybridized carbons (Fsp3) is 0.250. The highest BCUT2D eigenvalue weighted by atomic mass is 19.1. The van der Waals surface area contributed by atoms with Crippen molar-refractivity contribution in [2.24, 2.45) is 13.0 Å². The molecular weight excluding hydrogens is 333 g/mol. The van der Waals surface area contributed by atoms with Gasteiger partial charge in [-0.25, -0.2) is 9.37 Å². The number of carbonyl (C=O) groups is 1. The van der Waals surface area contributed by atoms with Crippen LogP contribution in [0.3, 0.4) is 0 Å². The molecule has 1 aliphatic rings. The van der Waals surface area contributed by atoms with Crippen LogP contribution in [0.5, 0.6) is 0 Å². The normalized spacial score (nSPS) is 13.8. The van der Waals surface area contributed by atoms with E-state index in [1.54, 1.807) is 31.4 Å². The zero-order valence-corrected chi connectivity index (χ0v) is 14.5. The molecule has 1 aliphatic carbocycles. The van der Waals surface area contributed by atoms with Crippen molar-refractivity contribution in [3.8, 4) is 11.1 Å². The van der Waals surface area contributed by atoms with Crippen LogP contribution in [0.4, 0.5) is 10.2 Å². The molecule has 2 aromatic heterocycles. The summed E-state index contributed by atoms with van der Waals surface area (Å²) in [6, 6.07) is 7.82. The van der Waals surface area contributed by atoms with E-state index in [9.17, 15) is 14.0 Å². The molecule has 26 heavy (non-hydrogen) atoms. The minimum absolute atomic E-state index is 0.0335. The Labute approximate surface area is 149 Å². The second kappa shape index (κ2) is 6.05. The third-order valence-electron chi connectivity index (χ3n) is 4.80. The van der Waals surface area contributed by atoms with Crippen molar-refractivity contribution in [3.63, 3.8) is 0 Å². The van der Waals surface area contributed by atoms with Crippen LogP contribution in [-0.2, 0) is 11.8 Å². The second-order valence-corrected chi connectivity index (χ2v) is 6.77. The smallest absolute Gasteiger partial charge is 0.258 e. The van der Waals surface area contributed by atoms with Gasteiger partial charge in [-0.3, -0.25) is 9.59 Å². The molecule has 0 spiro atoms. The van der Waals surface area contributed by atoms with E-state index in [-0.39, 0.29) is 23.2 Å². The number of anilines is 1. The Morgan fingerprint density at radius 3 is 2.73 bits per heavy atom. The highest BCUT2D eigenvalue weighted by molar-refractivity contribution is 5.95. The van der Waals surface area contributed by atoms with Crippen LogP contribution in [0.1, 0.15) is 18.4 Å². The van der Waals surface area contributed by atoms with Gasteiger partial charge in [-0.05, 0) is 49.1 Å². The van der Waals surface area contributed by atoms with Gasteiger partial charge in [-0.2, -0.15) is 0 Å². The molecule has 4 rings (SSSR count). The van der Waals surface area contributed by atoms with Crippen LogP contribution in [0, 0.1) is 18.7 Å². The summed E-state index contributed by atoms with van der Waals surface area (Å²) in [6.07, 6.45) is 3.44. The van der Waals surface area contributed by atoms with E-state index in [2.05, 4.69) is 10.3 Å². The molecule has 5 nitrogen and oxygen atoms in total. The molecule has 0 radical (unpaired) electrons. The average Bonchev–Trinajstić information content (AvgIpc) is 3.46. The molecule has 1 N–H and O–H groups in total. The highest BCUT2D eigenvalue weighted by Gasteiger charge is 2.29. The molecule has 0 unspecified atom stereocenters. The Bertz CT molecular complexity index is 1100. The third-order valence-corrected chi connectivity index (χ3v) is 4.80. The number of aryl methyl sites for hydroxylation is 2. The zero-order chi connectivity index (χ0) is 18.4. The number of pyridine rings is 2. The van der Waals surface area contributed by atoms with E-state index in [1.165, 1.54) is 16.7 Å². The van der Waals surface area contributed by atoms with Gasteiger partial charge in [-0.15, -0.1) is 0 Å². The first kappa shape index (κ1) is 16.4. The van der Waals surface area contributed by atoms with Crippen LogP contribution >= 0.6 is 0 Å². The zero-order valence-electron chi connectivity index (χ0n) is 14.5. The van der Waals surface area contributed by atoms with Gasteiger partial charge < -0.3 is 9.88 Å². The molecular formula is C20H18FN3O2. The lowest BCUT2D eigenvalue weighted by molar-refractivity contribution is -0.117. The SMILES string of the molecule is Cc1ccc(F)cc1-c1cc2cnc(NC(=O)C3CC3)cc2n(C)c1=O. The Balaban J connectivity index is 1.82. The standard InChI is InChI=1S/C20H18FN3O2/c1-11-3-6-14(21)8-15(11)16-7-13-10-22-18(23-19(25)12-4-5-12)9-17(13)24(2)20(16)26/h3,6-10,12H,4-5H2,1-2H3,(H,22,23,25). The summed E-state index contributed by atoms with van der Waals surface area (Å²) in [5.41, 5.74) is 2.25. The number of amides is 1. The Kier molecular flexibility index (Phi) is 3.83. The van der Waals surface area contributed by atoms with Gasteiger partial charge in [0, 0.05) is 36.2 Å². The molecule has 132 valence electrons. The number of hydrogen-bond donors (Lipinski definition) is 1. The molecule has 1 fully saturated rings. The number of nitrogens with zero attached hydrogens (tertiary/aromatic N) is 2. The topological polar surface area (TPSA) is 64.0 Å². The maximum Gasteiger partial charge on any atom is 0.258 e.